The fourth-order valence-corrected chi connectivity index (χ4v) is 3.30. The van der Waals surface area contributed by atoms with Gasteiger partial charge in [0.2, 0.25) is 0 Å². The Morgan fingerprint density at radius 1 is 1.00 bits per heavy atom. The van der Waals surface area contributed by atoms with Crippen LogP contribution in [0, 0.1) is 18.3 Å². The Kier molecular flexibility index (Phi) is 9.32. The molecule has 0 aliphatic rings. The molecular weight excluding hydrogens is 473 g/mol. The quantitative estimate of drug-likeness (QED) is 0.230. The summed E-state index contributed by atoms with van der Waals surface area (Å²) in [4.78, 5) is 4.50. The Bertz CT molecular complexity index is 1230. The first-order valence-corrected chi connectivity index (χ1v) is 11.1. The molecule has 1 aromatic heterocycles. The van der Waals surface area contributed by atoms with Gasteiger partial charge in [-0.25, -0.2) is 4.98 Å². The molecule has 0 radical (unpaired) electrons. The van der Waals surface area contributed by atoms with Gasteiger partial charge in [-0.1, -0.05) is 42.5 Å². The lowest BCUT2D eigenvalue weighted by molar-refractivity contribution is -0.137. The van der Waals surface area contributed by atoms with E-state index < -0.39 is 11.7 Å². The highest BCUT2D eigenvalue weighted by atomic mass is 19.4. The average molecular weight is 499 g/mol. The van der Waals surface area contributed by atoms with Crippen molar-refractivity contribution in [3.05, 3.63) is 76.9 Å². The Morgan fingerprint density at radius 3 is 2.42 bits per heavy atom. The lowest BCUT2D eigenvalue weighted by Crippen LogP contribution is -2.14. The minimum atomic E-state index is -4.60. The van der Waals surface area contributed by atoms with Gasteiger partial charge in [0, 0.05) is 18.7 Å². The number of aliphatic hydroxyl groups excluding tert-OH is 1. The zero-order valence-corrected chi connectivity index (χ0v) is 19.5. The summed E-state index contributed by atoms with van der Waals surface area (Å²) in [5.41, 5.74) is 0.413. The fraction of sp³-hybridized carbons (Fsp3) is 0.280. The van der Waals surface area contributed by atoms with Crippen LogP contribution in [0.15, 0.2) is 64.8 Å². The van der Waals surface area contributed by atoms with Crippen LogP contribution >= 0.6 is 0 Å². The molecule has 1 heterocycles. The first-order valence-electron chi connectivity index (χ1n) is 11.1. The maximum Gasteiger partial charge on any atom is 0.418 e. The monoisotopic (exact) mass is 498 g/mol. The van der Waals surface area contributed by atoms with E-state index in [1.807, 2.05) is 30.3 Å². The topological polar surface area (TPSA) is 115 Å². The van der Waals surface area contributed by atoms with Gasteiger partial charge in [-0.2, -0.15) is 18.4 Å². The first kappa shape index (κ1) is 26.6. The van der Waals surface area contributed by atoms with Crippen molar-refractivity contribution < 1.29 is 23.0 Å². The summed E-state index contributed by atoms with van der Waals surface area (Å²) in [6.07, 6.45) is -4.60. The van der Waals surface area contributed by atoms with Gasteiger partial charge in [-0.05, 0) is 24.6 Å². The summed E-state index contributed by atoms with van der Waals surface area (Å²) in [6, 6.07) is 16.4. The first-order chi connectivity index (χ1) is 17.3. The molecule has 11 heteroatoms. The van der Waals surface area contributed by atoms with Gasteiger partial charge in [-0.15, -0.1) is 10.2 Å². The van der Waals surface area contributed by atoms with E-state index in [4.69, 9.17) is 9.84 Å². The van der Waals surface area contributed by atoms with Gasteiger partial charge in [0.1, 0.15) is 17.6 Å². The van der Waals surface area contributed by atoms with Crippen molar-refractivity contribution in [2.45, 2.75) is 19.6 Å². The lowest BCUT2D eigenvalue weighted by Gasteiger charge is -2.16. The van der Waals surface area contributed by atoms with Crippen molar-refractivity contribution >= 4 is 23.0 Å². The van der Waals surface area contributed by atoms with Crippen molar-refractivity contribution in [1.29, 1.82) is 5.26 Å². The largest absolute Gasteiger partial charge is 0.418 e. The van der Waals surface area contributed by atoms with E-state index in [-0.39, 0.29) is 48.4 Å². The SMILES string of the molecule is Cc1c(C#N)c(NCCOCCO)nc(NCc2ccccc2)c1N=Nc1ccccc1C(F)(F)F. The Labute approximate surface area is 206 Å². The van der Waals surface area contributed by atoms with Gasteiger partial charge in [0.15, 0.2) is 5.82 Å². The van der Waals surface area contributed by atoms with E-state index in [0.29, 0.717) is 18.7 Å². The number of nitriles is 1. The standard InChI is InChI=1S/C25H25F3N6O2/c1-17-19(15-29)23(30-11-13-36-14-12-35)32-24(31-16-18-7-3-2-4-8-18)22(17)34-33-21-10-6-5-9-20(21)25(26,27)28/h2-10,35H,11-14,16H2,1H3,(H2,30,31,32). The number of ether oxygens (including phenoxy) is 1. The molecular formula is C25H25F3N6O2. The second-order valence-electron chi connectivity index (χ2n) is 7.59. The predicted octanol–water partition coefficient (Wildman–Crippen LogP) is 5.73. The Hall–Kier alpha value is -4.01. The van der Waals surface area contributed by atoms with E-state index in [2.05, 4.69) is 31.9 Å². The highest BCUT2D eigenvalue weighted by Gasteiger charge is 2.33. The molecule has 3 aromatic rings. The summed E-state index contributed by atoms with van der Waals surface area (Å²) in [6.45, 7) is 2.66. The number of alkyl halides is 3. The molecule has 0 fully saturated rings. The number of nitrogens with zero attached hydrogens (tertiary/aromatic N) is 4. The maximum atomic E-state index is 13.4. The smallest absolute Gasteiger partial charge is 0.394 e. The number of anilines is 2. The molecule has 3 N–H and O–H groups in total. The van der Waals surface area contributed by atoms with Crippen LogP contribution in [0.25, 0.3) is 0 Å². The highest BCUT2D eigenvalue weighted by Crippen LogP contribution is 2.39. The summed E-state index contributed by atoms with van der Waals surface area (Å²) in [5, 5.41) is 32.7. The minimum Gasteiger partial charge on any atom is -0.394 e. The van der Waals surface area contributed by atoms with E-state index in [1.165, 1.54) is 18.2 Å². The van der Waals surface area contributed by atoms with Crippen LogP contribution in [-0.4, -0.2) is 36.5 Å². The Balaban J connectivity index is 1.99. The molecule has 3 rings (SSSR count). The summed E-state index contributed by atoms with van der Waals surface area (Å²) in [5.74, 6) is 0.523. The number of azo groups is 1. The number of aliphatic hydroxyl groups is 1. The number of aromatic nitrogens is 1. The minimum absolute atomic E-state index is 0.106. The van der Waals surface area contributed by atoms with Crippen molar-refractivity contribution in [2.24, 2.45) is 10.2 Å². The molecule has 0 unspecified atom stereocenters. The van der Waals surface area contributed by atoms with Crippen LogP contribution < -0.4 is 10.6 Å². The van der Waals surface area contributed by atoms with Crippen LogP contribution in [0.1, 0.15) is 22.3 Å². The zero-order valence-electron chi connectivity index (χ0n) is 19.5. The molecule has 0 saturated heterocycles. The van der Waals surface area contributed by atoms with Crippen LogP contribution in [0.3, 0.4) is 0 Å². The second kappa shape index (κ2) is 12.6. The molecule has 0 atom stereocenters. The zero-order chi connectivity index (χ0) is 26.0. The normalized spacial score (nSPS) is 11.4. The van der Waals surface area contributed by atoms with Gasteiger partial charge in [0.05, 0.1) is 36.6 Å². The number of hydrogen-bond donors (Lipinski definition) is 3. The van der Waals surface area contributed by atoms with Crippen molar-refractivity contribution in [3.63, 3.8) is 0 Å². The third-order valence-electron chi connectivity index (χ3n) is 5.07. The van der Waals surface area contributed by atoms with E-state index in [9.17, 15) is 18.4 Å². The van der Waals surface area contributed by atoms with E-state index in [1.54, 1.807) is 6.92 Å². The van der Waals surface area contributed by atoms with E-state index in [0.717, 1.165) is 11.6 Å². The van der Waals surface area contributed by atoms with E-state index >= 15 is 0 Å². The van der Waals surface area contributed by atoms with Crippen LogP contribution in [0.5, 0.6) is 0 Å². The third-order valence-corrected chi connectivity index (χ3v) is 5.07. The summed E-state index contributed by atoms with van der Waals surface area (Å²) < 4.78 is 45.5. The fourth-order valence-electron chi connectivity index (χ4n) is 3.30. The van der Waals surface area contributed by atoms with Gasteiger partial charge < -0.3 is 20.5 Å². The molecule has 2 aromatic carbocycles. The number of pyridine rings is 1. The van der Waals surface area contributed by atoms with Crippen molar-refractivity contribution in [1.82, 2.24) is 4.98 Å². The predicted molar refractivity (Wildman–Crippen MR) is 129 cm³/mol. The van der Waals surface area contributed by atoms with Crippen LogP contribution in [0.2, 0.25) is 0 Å². The number of benzene rings is 2. The average Bonchev–Trinajstić information content (AvgIpc) is 2.87. The number of nitrogens with one attached hydrogen (secondary N) is 2. The van der Waals surface area contributed by atoms with Crippen LogP contribution in [-0.2, 0) is 17.5 Å². The maximum absolute atomic E-state index is 13.4. The third kappa shape index (κ3) is 7.00. The molecule has 36 heavy (non-hydrogen) atoms. The second-order valence-corrected chi connectivity index (χ2v) is 7.59. The highest BCUT2D eigenvalue weighted by molar-refractivity contribution is 5.74. The molecule has 0 aliphatic carbocycles. The van der Waals surface area contributed by atoms with Crippen molar-refractivity contribution in [2.75, 3.05) is 37.0 Å². The van der Waals surface area contributed by atoms with Crippen LogP contribution in [0.4, 0.5) is 36.2 Å². The molecule has 188 valence electrons. The number of halogens is 3. The van der Waals surface area contributed by atoms with Crippen molar-refractivity contribution in [3.8, 4) is 6.07 Å². The Morgan fingerprint density at radius 2 is 1.72 bits per heavy atom. The summed E-state index contributed by atoms with van der Waals surface area (Å²) in [7, 11) is 0. The lowest BCUT2D eigenvalue weighted by atomic mass is 10.1. The molecule has 0 spiro atoms. The number of hydrogen-bond acceptors (Lipinski definition) is 8. The molecule has 8 nitrogen and oxygen atoms in total. The summed E-state index contributed by atoms with van der Waals surface area (Å²) >= 11 is 0. The van der Waals surface area contributed by atoms with Gasteiger partial charge in [-0.3, -0.25) is 0 Å². The number of rotatable bonds is 11. The van der Waals surface area contributed by atoms with Gasteiger partial charge in [0.25, 0.3) is 0 Å². The molecule has 0 bridgehead atoms. The molecule has 0 saturated carbocycles. The molecule has 0 aliphatic heterocycles. The van der Waals surface area contributed by atoms with Gasteiger partial charge >= 0.3 is 6.18 Å². The molecule has 0 amide bonds.